The van der Waals surface area contributed by atoms with Crippen LogP contribution in [0.25, 0.3) is 5.69 Å². The Bertz CT molecular complexity index is 1080. The minimum absolute atomic E-state index is 0.0600. The molecule has 1 amide bonds. The summed E-state index contributed by atoms with van der Waals surface area (Å²) in [6, 6.07) is 12.8. The Morgan fingerprint density at radius 2 is 1.67 bits per heavy atom. The van der Waals surface area contributed by atoms with Crippen LogP contribution in [0.3, 0.4) is 0 Å². The Labute approximate surface area is 171 Å². The van der Waals surface area contributed by atoms with Gasteiger partial charge in [0.25, 0.3) is 11.5 Å². The van der Waals surface area contributed by atoms with E-state index < -0.39 is 23.4 Å². The van der Waals surface area contributed by atoms with Crippen LogP contribution in [0.5, 0.6) is 17.4 Å². The molecule has 9 heteroatoms. The van der Waals surface area contributed by atoms with Gasteiger partial charge in [-0.05, 0) is 31.2 Å². The molecule has 1 aromatic heterocycles. The number of ether oxygens (including phenoxy) is 3. The standard InChI is InChI=1S/C21H20FN3O5/c1-13(21(27)23-15-10-17(28-2)12-18(11-15)29-3)30-19-8-9-20(26)25(24-19)16-6-4-14(22)5-7-16/h4-13H,1-3H3,(H,23,27). The molecule has 30 heavy (non-hydrogen) atoms. The maximum Gasteiger partial charge on any atom is 0.271 e. The maximum absolute atomic E-state index is 13.1. The summed E-state index contributed by atoms with van der Waals surface area (Å²) in [6.45, 7) is 1.54. The SMILES string of the molecule is COc1cc(NC(=O)C(C)Oc2ccc(=O)n(-c3ccc(F)cc3)n2)cc(OC)c1. The number of hydrogen-bond acceptors (Lipinski definition) is 6. The lowest BCUT2D eigenvalue weighted by Gasteiger charge is -2.15. The van der Waals surface area contributed by atoms with Gasteiger partial charge in [0.15, 0.2) is 6.10 Å². The molecular weight excluding hydrogens is 393 g/mol. The number of benzene rings is 2. The first kappa shape index (κ1) is 20.8. The van der Waals surface area contributed by atoms with Crippen molar-refractivity contribution in [2.75, 3.05) is 19.5 Å². The molecule has 0 aliphatic carbocycles. The number of anilines is 1. The second-order valence-corrected chi connectivity index (χ2v) is 6.25. The molecule has 8 nitrogen and oxygen atoms in total. The van der Waals surface area contributed by atoms with E-state index in [0.29, 0.717) is 22.9 Å². The highest BCUT2D eigenvalue weighted by Crippen LogP contribution is 2.26. The van der Waals surface area contributed by atoms with Crippen molar-refractivity contribution in [1.29, 1.82) is 0 Å². The molecule has 0 fully saturated rings. The first-order valence-electron chi connectivity index (χ1n) is 8.96. The largest absolute Gasteiger partial charge is 0.497 e. The molecule has 3 aromatic rings. The number of rotatable bonds is 7. The fourth-order valence-electron chi connectivity index (χ4n) is 2.58. The Morgan fingerprint density at radius 3 is 2.27 bits per heavy atom. The van der Waals surface area contributed by atoms with Crippen LogP contribution in [0.1, 0.15) is 6.92 Å². The molecule has 0 saturated carbocycles. The third kappa shape index (κ3) is 4.93. The highest BCUT2D eigenvalue weighted by Gasteiger charge is 2.17. The van der Waals surface area contributed by atoms with E-state index in [2.05, 4.69) is 10.4 Å². The van der Waals surface area contributed by atoms with Crippen molar-refractivity contribution >= 4 is 11.6 Å². The number of hydrogen-bond donors (Lipinski definition) is 1. The fourth-order valence-corrected chi connectivity index (χ4v) is 2.58. The molecule has 0 saturated heterocycles. The Hall–Kier alpha value is -3.88. The summed E-state index contributed by atoms with van der Waals surface area (Å²) in [5.74, 6) is 0.229. The zero-order chi connectivity index (χ0) is 21.7. The number of carbonyl (C=O) groups excluding carboxylic acids is 1. The van der Waals surface area contributed by atoms with Gasteiger partial charge < -0.3 is 19.5 Å². The van der Waals surface area contributed by atoms with Crippen LogP contribution in [0.4, 0.5) is 10.1 Å². The number of nitrogens with one attached hydrogen (secondary N) is 1. The number of methoxy groups -OCH3 is 2. The van der Waals surface area contributed by atoms with Gasteiger partial charge >= 0.3 is 0 Å². The second-order valence-electron chi connectivity index (χ2n) is 6.25. The number of carbonyl (C=O) groups is 1. The minimum atomic E-state index is -0.922. The molecule has 1 unspecified atom stereocenters. The predicted octanol–water partition coefficient (Wildman–Crippen LogP) is 2.79. The third-order valence-corrected chi connectivity index (χ3v) is 4.13. The van der Waals surface area contributed by atoms with Gasteiger partial charge in [0.05, 0.1) is 19.9 Å². The van der Waals surface area contributed by atoms with Crippen LogP contribution < -0.4 is 25.1 Å². The molecule has 1 heterocycles. The molecular formula is C21H20FN3O5. The maximum atomic E-state index is 13.1. The Morgan fingerprint density at radius 1 is 1.03 bits per heavy atom. The van der Waals surface area contributed by atoms with Crippen molar-refractivity contribution in [2.45, 2.75) is 13.0 Å². The zero-order valence-electron chi connectivity index (χ0n) is 16.6. The van der Waals surface area contributed by atoms with E-state index in [4.69, 9.17) is 14.2 Å². The Kier molecular flexibility index (Phi) is 6.31. The van der Waals surface area contributed by atoms with E-state index in [-0.39, 0.29) is 5.88 Å². The van der Waals surface area contributed by atoms with Gasteiger partial charge in [-0.2, -0.15) is 4.68 Å². The normalized spacial score (nSPS) is 11.5. The van der Waals surface area contributed by atoms with Crippen LogP contribution in [0.15, 0.2) is 59.4 Å². The van der Waals surface area contributed by atoms with Gasteiger partial charge in [0.2, 0.25) is 5.88 Å². The molecule has 1 N–H and O–H groups in total. The average molecular weight is 413 g/mol. The molecule has 0 bridgehead atoms. The van der Waals surface area contributed by atoms with Crippen molar-refractivity contribution in [3.8, 4) is 23.1 Å². The lowest BCUT2D eigenvalue weighted by molar-refractivity contribution is -0.122. The van der Waals surface area contributed by atoms with E-state index >= 15 is 0 Å². The van der Waals surface area contributed by atoms with Crippen LogP contribution in [-0.2, 0) is 4.79 Å². The highest BCUT2D eigenvalue weighted by atomic mass is 19.1. The van der Waals surface area contributed by atoms with Gasteiger partial charge in [-0.3, -0.25) is 9.59 Å². The van der Waals surface area contributed by atoms with Gasteiger partial charge in [-0.1, -0.05) is 0 Å². The zero-order valence-corrected chi connectivity index (χ0v) is 16.6. The minimum Gasteiger partial charge on any atom is -0.497 e. The van der Waals surface area contributed by atoms with E-state index in [1.165, 1.54) is 50.6 Å². The molecule has 0 aliphatic rings. The van der Waals surface area contributed by atoms with Crippen molar-refractivity contribution in [1.82, 2.24) is 9.78 Å². The average Bonchev–Trinajstić information content (AvgIpc) is 2.75. The van der Waals surface area contributed by atoms with E-state index in [0.717, 1.165) is 4.68 Å². The molecule has 156 valence electrons. The van der Waals surface area contributed by atoms with E-state index in [9.17, 15) is 14.0 Å². The van der Waals surface area contributed by atoms with Crippen molar-refractivity contribution in [3.05, 3.63) is 70.8 Å². The highest BCUT2D eigenvalue weighted by molar-refractivity contribution is 5.94. The molecule has 0 aliphatic heterocycles. The summed E-state index contributed by atoms with van der Waals surface area (Å²) < 4.78 is 30.1. The van der Waals surface area contributed by atoms with Crippen LogP contribution >= 0.6 is 0 Å². The summed E-state index contributed by atoms with van der Waals surface area (Å²) in [5, 5.41) is 6.81. The second kappa shape index (κ2) is 9.08. The summed E-state index contributed by atoms with van der Waals surface area (Å²) in [7, 11) is 3.02. The molecule has 0 spiro atoms. The van der Waals surface area contributed by atoms with Gasteiger partial charge in [0.1, 0.15) is 17.3 Å². The third-order valence-electron chi connectivity index (χ3n) is 4.13. The Balaban J connectivity index is 1.75. The van der Waals surface area contributed by atoms with Gasteiger partial charge in [-0.15, -0.1) is 5.10 Å². The molecule has 0 radical (unpaired) electrons. The van der Waals surface area contributed by atoms with Gasteiger partial charge in [-0.25, -0.2) is 4.39 Å². The van der Waals surface area contributed by atoms with Crippen molar-refractivity contribution < 1.29 is 23.4 Å². The smallest absolute Gasteiger partial charge is 0.271 e. The summed E-state index contributed by atoms with van der Waals surface area (Å²) in [6.07, 6.45) is -0.922. The number of halogens is 1. The van der Waals surface area contributed by atoms with Crippen LogP contribution in [0, 0.1) is 5.82 Å². The predicted molar refractivity (Wildman–Crippen MR) is 108 cm³/mol. The molecule has 1 atom stereocenters. The summed E-state index contributed by atoms with van der Waals surface area (Å²) >= 11 is 0. The first-order chi connectivity index (χ1) is 14.4. The van der Waals surface area contributed by atoms with E-state index in [1.807, 2.05) is 0 Å². The fraction of sp³-hybridized carbons (Fsp3) is 0.190. The number of nitrogens with zero attached hydrogens (tertiary/aromatic N) is 2. The first-order valence-corrected chi connectivity index (χ1v) is 8.96. The van der Waals surface area contributed by atoms with Gasteiger partial charge in [0, 0.05) is 36.0 Å². The summed E-state index contributed by atoms with van der Waals surface area (Å²) in [4.78, 5) is 24.6. The molecule has 2 aromatic carbocycles. The number of amides is 1. The lowest BCUT2D eigenvalue weighted by atomic mass is 10.2. The quantitative estimate of drug-likeness (QED) is 0.641. The van der Waals surface area contributed by atoms with Crippen LogP contribution in [-0.4, -0.2) is 36.0 Å². The number of aromatic nitrogens is 2. The van der Waals surface area contributed by atoms with Crippen molar-refractivity contribution in [2.24, 2.45) is 0 Å². The molecule has 3 rings (SSSR count). The monoisotopic (exact) mass is 413 g/mol. The topological polar surface area (TPSA) is 91.7 Å². The van der Waals surface area contributed by atoms with E-state index in [1.54, 1.807) is 25.1 Å². The van der Waals surface area contributed by atoms with Crippen molar-refractivity contribution in [3.63, 3.8) is 0 Å². The summed E-state index contributed by atoms with van der Waals surface area (Å²) in [5.41, 5.74) is 0.415. The lowest BCUT2D eigenvalue weighted by Crippen LogP contribution is -2.31. The van der Waals surface area contributed by atoms with Crippen LogP contribution in [0.2, 0.25) is 0 Å².